The van der Waals surface area contributed by atoms with Crippen molar-refractivity contribution in [3.05, 3.63) is 47.9 Å². The second-order valence-electron chi connectivity index (χ2n) is 5.68. The Morgan fingerprint density at radius 2 is 1.84 bits per heavy atom. The fraction of sp³-hybridized carbons (Fsp3) is 0.333. The molecular formula is C18H20N2O5. The Balaban J connectivity index is 1.48. The summed E-state index contributed by atoms with van der Waals surface area (Å²) in [6.45, 7) is 4.51. The largest absolute Gasteiger partial charge is 0.454 e. The standard InChI is InChI=1S/C18H20N2O5/c1-13-2-7-16(25-13)18(22)24-12-17(21)19-14-3-5-15(6-4-14)20-8-10-23-11-9-20/h2-7H,8-12H2,1H3,(H,19,21). The first-order valence-corrected chi connectivity index (χ1v) is 8.08. The van der Waals surface area contributed by atoms with Crippen molar-refractivity contribution >= 4 is 23.3 Å². The van der Waals surface area contributed by atoms with Crippen LogP contribution in [0.25, 0.3) is 0 Å². The van der Waals surface area contributed by atoms with Crippen molar-refractivity contribution in [3.8, 4) is 0 Å². The van der Waals surface area contributed by atoms with Gasteiger partial charge in [0, 0.05) is 24.5 Å². The third kappa shape index (κ3) is 4.60. The molecule has 2 heterocycles. The van der Waals surface area contributed by atoms with E-state index in [4.69, 9.17) is 13.9 Å². The van der Waals surface area contributed by atoms with Crippen LogP contribution in [-0.4, -0.2) is 44.8 Å². The molecule has 1 saturated heterocycles. The molecule has 0 aliphatic carbocycles. The maximum absolute atomic E-state index is 11.9. The summed E-state index contributed by atoms with van der Waals surface area (Å²) >= 11 is 0. The second kappa shape index (κ2) is 7.85. The molecule has 7 nitrogen and oxygen atoms in total. The number of carbonyl (C=O) groups excluding carboxylic acids is 2. The van der Waals surface area contributed by atoms with Crippen molar-refractivity contribution in [2.24, 2.45) is 0 Å². The van der Waals surface area contributed by atoms with Crippen LogP contribution in [0.1, 0.15) is 16.3 Å². The molecular weight excluding hydrogens is 324 g/mol. The third-order valence-corrected chi connectivity index (χ3v) is 3.80. The van der Waals surface area contributed by atoms with Gasteiger partial charge in [-0.05, 0) is 43.3 Å². The topological polar surface area (TPSA) is 81.0 Å². The molecule has 3 rings (SSSR count). The molecule has 2 aromatic rings. The molecule has 1 aliphatic rings. The van der Waals surface area contributed by atoms with Crippen LogP contribution >= 0.6 is 0 Å². The van der Waals surface area contributed by atoms with Gasteiger partial charge in [-0.15, -0.1) is 0 Å². The molecule has 0 atom stereocenters. The zero-order valence-electron chi connectivity index (χ0n) is 14.0. The molecule has 132 valence electrons. The molecule has 1 amide bonds. The van der Waals surface area contributed by atoms with Crippen molar-refractivity contribution < 1.29 is 23.5 Å². The quantitative estimate of drug-likeness (QED) is 0.838. The van der Waals surface area contributed by atoms with Crippen LogP contribution in [0.4, 0.5) is 11.4 Å². The van der Waals surface area contributed by atoms with Gasteiger partial charge in [0.15, 0.2) is 6.61 Å². The minimum absolute atomic E-state index is 0.0835. The molecule has 1 aromatic heterocycles. The van der Waals surface area contributed by atoms with Crippen molar-refractivity contribution in [2.45, 2.75) is 6.92 Å². The lowest BCUT2D eigenvalue weighted by Gasteiger charge is -2.28. The van der Waals surface area contributed by atoms with Gasteiger partial charge >= 0.3 is 5.97 Å². The lowest BCUT2D eigenvalue weighted by atomic mass is 10.2. The number of amides is 1. The van der Waals surface area contributed by atoms with E-state index in [1.165, 1.54) is 6.07 Å². The molecule has 1 fully saturated rings. The van der Waals surface area contributed by atoms with Gasteiger partial charge in [-0.25, -0.2) is 4.79 Å². The van der Waals surface area contributed by atoms with E-state index in [-0.39, 0.29) is 12.4 Å². The lowest BCUT2D eigenvalue weighted by Crippen LogP contribution is -2.36. The van der Waals surface area contributed by atoms with E-state index in [1.54, 1.807) is 13.0 Å². The monoisotopic (exact) mass is 344 g/mol. The smallest absolute Gasteiger partial charge is 0.374 e. The molecule has 1 aliphatic heterocycles. The number of nitrogens with zero attached hydrogens (tertiary/aromatic N) is 1. The molecule has 0 radical (unpaired) electrons. The Morgan fingerprint density at radius 1 is 1.12 bits per heavy atom. The summed E-state index contributed by atoms with van der Waals surface area (Å²) < 4.78 is 15.4. The molecule has 0 saturated carbocycles. The van der Waals surface area contributed by atoms with Crippen LogP contribution < -0.4 is 10.2 Å². The zero-order valence-corrected chi connectivity index (χ0v) is 14.0. The van der Waals surface area contributed by atoms with Crippen LogP contribution in [0, 0.1) is 6.92 Å². The summed E-state index contributed by atoms with van der Waals surface area (Å²) in [5.41, 5.74) is 1.73. The van der Waals surface area contributed by atoms with E-state index >= 15 is 0 Å². The minimum Gasteiger partial charge on any atom is -0.454 e. The van der Waals surface area contributed by atoms with Crippen LogP contribution in [-0.2, 0) is 14.3 Å². The third-order valence-electron chi connectivity index (χ3n) is 3.80. The SMILES string of the molecule is Cc1ccc(C(=O)OCC(=O)Nc2ccc(N3CCOCC3)cc2)o1. The van der Waals surface area contributed by atoms with Crippen LogP contribution in [0.2, 0.25) is 0 Å². The number of hydrogen-bond acceptors (Lipinski definition) is 6. The van der Waals surface area contributed by atoms with Gasteiger partial charge in [0.25, 0.3) is 5.91 Å². The summed E-state index contributed by atoms with van der Waals surface area (Å²) in [4.78, 5) is 25.8. The Morgan fingerprint density at radius 3 is 2.48 bits per heavy atom. The van der Waals surface area contributed by atoms with Gasteiger partial charge in [-0.2, -0.15) is 0 Å². The first-order chi connectivity index (χ1) is 12.1. The highest BCUT2D eigenvalue weighted by atomic mass is 16.5. The summed E-state index contributed by atoms with van der Waals surface area (Å²) in [6, 6.07) is 10.7. The highest BCUT2D eigenvalue weighted by Gasteiger charge is 2.14. The molecule has 25 heavy (non-hydrogen) atoms. The Labute approximate surface area is 145 Å². The van der Waals surface area contributed by atoms with Gasteiger partial charge in [-0.3, -0.25) is 4.79 Å². The molecule has 7 heteroatoms. The predicted octanol–water partition coefficient (Wildman–Crippen LogP) is 2.22. The highest BCUT2D eigenvalue weighted by molar-refractivity contribution is 5.94. The van der Waals surface area contributed by atoms with E-state index < -0.39 is 11.9 Å². The number of hydrogen-bond donors (Lipinski definition) is 1. The summed E-state index contributed by atoms with van der Waals surface area (Å²) in [5.74, 6) is -0.376. The van der Waals surface area contributed by atoms with E-state index in [9.17, 15) is 9.59 Å². The maximum Gasteiger partial charge on any atom is 0.374 e. The summed E-state index contributed by atoms with van der Waals surface area (Å²) in [5, 5.41) is 2.69. The Kier molecular flexibility index (Phi) is 5.35. The van der Waals surface area contributed by atoms with Gasteiger partial charge in [0.2, 0.25) is 5.76 Å². The summed E-state index contributed by atoms with van der Waals surface area (Å²) in [6.07, 6.45) is 0. The number of nitrogens with one attached hydrogen (secondary N) is 1. The fourth-order valence-corrected chi connectivity index (χ4v) is 2.52. The normalized spacial score (nSPS) is 14.2. The number of carbonyl (C=O) groups is 2. The highest BCUT2D eigenvalue weighted by Crippen LogP contribution is 2.19. The van der Waals surface area contributed by atoms with Crippen LogP contribution in [0.15, 0.2) is 40.8 Å². The average molecular weight is 344 g/mol. The number of rotatable bonds is 5. The number of benzene rings is 1. The van der Waals surface area contributed by atoms with E-state index in [0.717, 1.165) is 32.0 Å². The van der Waals surface area contributed by atoms with E-state index in [1.807, 2.05) is 24.3 Å². The van der Waals surface area contributed by atoms with Crippen molar-refractivity contribution in [3.63, 3.8) is 0 Å². The molecule has 0 unspecified atom stereocenters. The molecule has 0 bridgehead atoms. The van der Waals surface area contributed by atoms with Crippen molar-refractivity contribution in [2.75, 3.05) is 43.1 Å². The number of aryl methyl sites for hydroxylation is 1. The Bertz CT molecular complexity index is 732. The van der Waals surface area contributed by atoms with E-state index in [0.29, 0.717) is 11.4 Å². The number of esters is 1. The lowest BCUT2D eigenvalue weighted by molar-refractivity contribution is -0.119. The summed E-state index contributed by atoms with van der Waals surface area (Å²) in [7, 11) is 0. The van der Waals surface area contributed by atoms with Gasteiger partial charge in [-0.1, -0.05) is 0 Å². The molecule has 1 aromatic carbocycles. The van der Waals surface area contributed by atoms with Crippen molar-refractivity contribution in [1.29, 1.82) is 0 Å². The van der Waals surface area contributed by atoms with Crippen molar-refractivity contribution in [1.82, 2.24) is 0 Å². The number of morpholine rings is 1. The second-order valence-corrected chi connectivity index (χ2v) is 5.68. The number of ether oxygens (including phenoxy) is 2. The van der Waals surface area contributed by atoms with Gasteiger partial charge in [0.05, 0.1) is 13.2 Å². The molecule has 1 N–H and O–H groups in total. The first kappa shape index (κ1) is 17.0. The van der Waals surface area contributed by atoms with Crippen LogP contribution in [0.5, 0.6) is 0 Å². The predicted molar refractivity (Wildman–Crippen MR) is 91.8 cm³/mol. The minimum atomic E-state index is -0.661. The van der Waals surface area contributed by atoms with Gasteiger partial charge < -0.3 is 24.1 Å². The number of anilines is 2. The first-order valence-electron chi connectivity index (χ1n) is 8.08. The average Bonchev–Trinajstić information content (AvgIpc) is 3.08. The Hall–Kier alpha value is -2.80. The van der Waals surface area contributed by atoms with Gasteiger partial charge in [0.1, 0.15) is 5.76 Å². The maximum atomic E-state index is 11.9. The number of furan rings is 1. The fourth-order valence-electron chi connectivity index (χ4n) is 2.52. The van der Waals surface area contributed by atoms with E-state index in [2.05, 4.69) is 10.2 Å². The molecule has 0 spiro atoms. The zero-order chi connectivity index (χ0) is 17.6. The van der Waals surface area contributed by atoms with Crippen LogP contribution in [0.3, 0.4) is 0 Å².